The zero-order valence-electron chi connectivity index (χ0n) is 24.8. The number of nitrogens with zero attached hydrogens (tertiary/aromatic N) is 5. The number of hydrogen-bond acceptors (Lipinski definition) is 5. The predicted octanol–water partition coefficient (Wildman–Crippen LogP) is 9.84. The molecular weight excluding hydrogens is 777 g/mol. The summed E-state index contributed by atoms with van der Waals surface area (Å²) in [5.41, 5.74) is -30.6. The van der Waals surface area contributed by atoms with E-state index in [1.165, 1.54) is 0 Å². The Morgan fingerprint density at radius 1 is 0.407 bits per heavy atom. The average molecular weight is 779 g/mol. The second-order valence-electron chi connectivity index (χ2n) is 10.3. The Labute approximate surface area is 286 Å². The molecule has 0 heterocycles. The summed E-state index contributed by atoms with van der Waals surface area (Å²) < 4.78 is 244. The Morgan fingerprint density at radius 3 is 0.981 bits per heavy atom. The van der Waals surface area contributed by atoms with Gasteiger partial charge in [-0.15, -0.1) is 0 Å². The average Bonchev–Trinajstić information content (AvgIpc) is 3.79. The molecule has 0 aliphatic heterocycles. The minimum atomic E-state index is -6.22. The van der Waals surface area contributed by atoms with E-state index in [-0.39, 0.29) is 12.1 Å². The number of benzene rings is 3. The van der Waals surface area contributed by atoms with Gasteiger partial charge in [-0.25, -0.2) is 35.1 Å². The predicted molar refractivity (Wildman–Crippen MR) is 141 cm³/mol. The molecule has 274 valence electrons. The first-order valence-electron chi connectivity index (χ1n) is 13.2. The van der Waals surface area contributed by atoms with Crippen LogP contribution in [0.1, 0.15) is 44.5 Å². The molecule has 1 aliphatic carbocycles. The molecule has 0 saturated heterocycles. The molecule has 5 nitrogen and oxygen atoms in total. The number of alkyl halides is 9. The van der Waals surface area contributed by atoms with Crippen LogP contribution in [0.4, 0.5) is 74.6 Å². The molecule has 0 aromatic heterocycles. The number of rotatable bonds is 3. The number of allylic oxidation sites excluding steroid dienone is 6. The van der Waals surface area contributed by atoms with E-state index in [1.54, 1.807) is 0 Å². The van der Waals surface area contributed by atoms with Crippen LogP contribution in [-0.4, -0.2) is 0 Å². The zero-order chi connectivity index (χ0) is 41.2. The summed E-state index contributed by atoms with van der Waals surface area (Å²) in [7, 11) is 0. The van der Waals surface area contributed by atoms with Crippen LogP contribution in [0.3, 0.4) is 0 Å². The van der Waals surface area contributed by atoms with Crippen molar-refractivity contribution in [1.29, 1.82) is 26.3 Å². The minimum absolute atomic E-state index is 0.293. The lowest BCUT2D eigenvalue weighted by Gasteiger charge is -2.19. The lowest BCUT2D eigenvalue weighted by Crippen LogP contribution is -2.17. The molecule has 0 radical (unpaired) electrons. The van der Waals surface area contributed by atoms with Crippen LogP contribution in [0, 0.1) is 103 Å². The van der Waals surface area contributed by atoms with E-state index in [4.69, 9.17) is 10.5 Å². The fourth-order valence-corrected chi connectivity index (χ4v) is 5.12. The topological polar surface area (TPSA) is 119 Å². The van der Waals surface area contributed by atoms with Crippen molar-refractivity contribution in [3.63, 3.8) is 0 Å². The molecule has 1 aliphatic rings. The molecule has 54 heavy (non-hydrogen) atoms. The normalized spacial score (nSPS) is 15.7. The highest BCUT2D eigenvalue weighted by atomic mass is 19.4. The lowest BCUT2D eigenvalue weighted by atomic mass is 9.90. The van der Waals surface area contributed by atoms with Crippen LogP contribution in [0.25, 0.3) is 16.7 Å². The Balaban J connectivity index is 2.45. The summed E-state index contributed by atoms with van der Waals surface area (Å²) in [4.78, 5) is 0. The molecule has 3 aromatic rings. The third kappa shape index (κ3) is 6.20. The molecule has 0 unspecified atom stereocenters. The van der Waals surface area contributed by atoms with Gasteiger partial charge in [0.15, 0.2) is 46.5 Å². The molecule has 1 fully saturated rings. The summed E-state index contributed by atoms with van der Waals surface area (Å²) in [6.45, 7) is 0. The first-order chi connectivity index (χ1) is 24.9. The molecule has 0 bridgehead atoms. The smallest absolute Gasteiger partial charge is 0.203 e. The first-order valence-corrected chi connectivity index (χ1v) is 13.2. The minimum Gasteiger partial charge on any atom is -0.203 e. The van der Waals surface area contributed by atoms with E-state index in [0.29, 0.717) is 12.1 Å². The summed E-state index contributed by atoms with van der Waals surface area (Å²) in [6.07, 6.45) is -18.2. The van der Waals surface area contributed by atoms with E-state index in [1.807, 2.05) is 0 Å². The highest BCUT2D eigenvalue weighted by molar-refractivity contribution is 6.12. The maximum Gasteiger partial charge on any atom is 0.422 e. The molecule has 0 amide bonds. The molecule has 0 N–H and O–H groups in total. The van der Waals surface area contributed by atoms with E-state index in [9.17, 15) is 72.9 Å². The van der Waals surface area contributed by atoms with Crippen LogP contribution in [0.2, 0.25) is 0 Å². The van der Waals surface area contributed by atoms with Crippen molar-refractivity contribution >= 4 is 16.7 Å². The van der Waals surface area contributed by atoms with E-state index >= 15 is 17.6 Å². The molecule has 0 spiro atoms. The van der Waals surface area contributed by atoms with Gasteiger partial charge in [-0.1, -0.05) is 0 Å². The third-order valence-corrected chi connectivity index (χ3v) is 7.32. The van der Waals surface area contributed by atoms with Gasteiger partial charge in [-0.05, 0) is 12.1 Å². The van der Waals surface area contributed by atoms with Gasteiger partial charge in [0.2, 0.25) is 0 Å². The van der Waals surface area contributed by atoms with Gasteiger partial charge in [-0.2, -0.15) is 65.8 Å². The number of hydrogen-bond donors (Lipinski definition) is 0. The highest BCUT2D eigenvalue weighted by Gasteiger charge is 2.50. The van der Waals surface area contributed by atoms with E-state index < -0.39 is 143 Å². The van der Waals surface area contributed by atoms with Crippen LogP contribution in [0.15, 0.2) is 28.9 Å². The summed E-state index contributed by atoms with van der Waals surface area (Å²) in [5, 5.41) is 47.5. The maximum atomic E-state index is 15.2. The highest BCUT2D eigenvalue weighted by Crippen LogP contribution is 2.58. The molecule has 1 saturated carbocycles. The number of nitriles is 5. The Kier molecular flexibility index (Phi) is 9.82. The van der Waals surface area contributed by atoms with Crippen molar-refractivity contribution in [2.24, 2.45) is 0 Å². The fourth-order valence-electron chi connectivity index (χ4n) is 5.12. The molecule has 0 atom stereocenters. The van der Waals surface area contributed by atoms with Crippen molar-refractivity contribution in [3.8, 4) is 30.3 Å². The molecule has 4 rings (SSSR count). The van der Waals surface area contributed by atoms with Crippen molar-refractivity contribution in [1.82, 2.24) is 0 Å². The number of halogens is 17. The standard InChI is InChI=1S/C32H2F17N5/c33-22-12(7-54)23(34)25(36)19(24(22)35)10(5-52)17-16(9(4-51)15-13(30(41,42)43)1-8(3-50)2-14(15)31(44,45)46)18(17)11(6-53)20-26(37)28(39)21(32(47,48)49)29(40)27(20)38/h1-2H. The Hall–Kier alpha value is -6.86. The third-order valence-electron chi connectivity index (χ3n) is 7.32. The second kappa shape index (κ2) is 13.3. The summed E-state index contributed by atoms with van der Waals surface area (Å²) in [6, 6.07) is 3.29. The maximum absolute atomic E-state index is 15.2. The lowest BCUT2D eigenvalue weighted by molar-refractivity contribution is -0.144. The van der Waals surface area contributed by atoms with Crippen molar-refractivity contribution in [2.45, 2.75) is 18.5 Å². The quantitative estimate of drug-likeness (QED) is 0.149. The van der Waals surface area contributed by atoms with E-state index in [0.717, 1.165) is 18.2 Å². The van der Waals surface area contributed by atoms with Crippen molar-refractivity contribution in [2.75, 3.05) is 0 Å². The van der Waals surface area contributed by atoms with Gasteiger partial charge in [0, 0.05) is 22.3 Å². The Morgan fingerprint density at radius 2 is 0.722 bits per heavy atom. The largest absolute Gasteiger partial charge is 0.422 e. The van der Waals surface area contributed by atoms with Crippen LogP contribution >= 0.6 is 0 Å². The Bertz CT molecular complexity index is 2440. The fraction of sp³-hybridized carbons (Fsp3) is 0.0938. The molecular formula is C32H2F17N5. The monoisotopic (exact) mass is 779 g/mol. The molecule has 3 aromatic carbocycles. The van der Waals surface area contributed by atoms with E-state index in [2.05, 4.69) is 0 Å². The van der Waals surface area contributed by atoms with Gasteiger partial charge in [-0.3, -0.25) is 0 Å². The van der Waals surface area contributed by atoms with Gasteiger partial charge in [0.25, 0.3) is 0 Å². The summed E-state index contributed by atoms with van der Waals surface area (Å²) >= 11 is 0. The van der Waals surface area contributed by atoms with Crippen LogP contribution in [-0.2, 0) is 18.5 Å². The molecule has 22 heteroatoms. The van der Waals surface area contributed by atoms with Gasteiger partial charge in [0.1, 0.15) is 35.4 Å². The van der Waals surface area contributed by atoms with Gasteiger partial charge >= 0.3 is 18.5 Å². The second-order valence-corrected chi connectivity index (χ2v) is 10.3. The van der Waals surface area contributed by atoms with Crippen LogP contribution in [0.5, 0.6) is 0 Å². The van der Waals surface area contributed by atoms with Gasteiger partial charge in [0.05, 0.1) is 50.6 Å². The van der Waals surface area contributed by atoms with Crippen LogP contribution < -0.4 is 0 Å². The first kappa shape index (κ1) is 39.9. The van der Waals surface area contributed by atoms with Crippen molar-refractivity contribution in [3.05, 3.63) is 120 Å². The SMILES string of the molecule is N#CC(=C1C(=C(C#N)c2c(F)c(F)c(C#N)c(F)c2F)C1=C(C#N)c1c(F)c(F)c(C(F)(F)F)c(F)c1F)c1c(C(F)(F)F)cc(C#N)cc1C(F)(F)F. The van der Waals surface area contributed by atoms with Gasteiger partial charge < -0.3 is 0 Å². The zero-order valence-corrected chi connectivity index (χ0v) is 24.8. The van der Waals surface area contributed by atoms with Crippen molar-refractivity contribution < 1.29 is 74.6 Å². The summed E-state index contributed by atoms with van der Waals surface area (Å²) in [5.74, 6) is -23.5.